The third-order valence-electron chi connectivity index (χ3n) is 3.71. The average Bonchev–Trinajstić information content (AvgIpc) is 2.61. The summed E-state index contributed by atoms with van der Waals surface area (Å²) < 4.78 is 0. The maximum Gasteiger partial charge on any atom is 0.326 e. The van der Waals surface area contributed by atoms with E-state index >= 15 is 0 Å². The summed E-state index contributed by atoms with van der Waals surface area (Å²) in [6, 6.07) is 12.7. The molecule has 0 aliphatic carbocycles. The fourth-order valence-electron chi connectivity index (χ4n) is 2.49. The van der Waals surface area contributed by atoms with Gasteiger partial charge in [0.25, 0.3) is 0 Å². The first-order valence-electron chi connectivity index (χ1n) is 7.68. The van der Waals surface area contributed by atoms with Crippen molar-refractivity contribution in [1.29, 1.82) is 0 Å². The number of carboxylic acid groups (broad SMARTS) is 2. The minimum Gasteiger partial charge on any atom is -0.481 e. The minimum absolute atomic E-state index is 0.235. The van der Waals surface area contributed by atoms with E-state index in [1.165, 1.54) is 0 Å². The van der Waals surface area contributed by atoms with Gasteiger partial charge in [-0.15, -0.1) is 0 Å². The van der Waals surface area contributed by atoms with Gasteiger partial charge in [-0.2, -0.15) is 0 Å². The molecule has 0 amide bonds. The van der Waals surface area contributed by atoms with Crippen LogP contribution in [0.5, 0.6) is 0 Å². The molecule has 1 unspecified atom stereocenters. The van der Waals surface area contributed by atoms with E-state index in [9.17, 15) is 14.7 Å². The maximum absolute atomic E-state index is 11.4. The zero-order chi connectivity index (χ0) is 18.7. The van der Waals surface area contributed by atoms with Crippen molar-refractivity contribution in [1.82, 2.24) is 9.97 Å². The number of halogens is 1. The predicted molar refractivity (Wildman–Crippen MR) is 97.3 cm³/mol. The third-order valence-corrected chi connectivity index (χ3v) is 4.04. The normalized spacial score (nSPS) is 11.9. The maximum atomic E-state index is 11.4. The standard InChI is InChI=1S/C18H14ClN3O4/c19-12-7-3-1-5-10(12)16-20-13-8-4-2-6-11(13)17(22-16)21-14(18(25)26)9-15(23)24/h1-8,14H,9H2,(H,23,24)(H,25,26)(H,20,21,22). The van der Waals surface area contributed by atoms with Crippen LogP contribution in [0.25, 0.3) is 22.3 Å². The number of aliphatic carboxylic acids is 2. The molecular weight excluding hydrogens is 358 g/mol. The number of rotatable bonds is 6. The summed E-state index contributed by atoms with van der Waals surface area (Å²) in [5.41, 5.74) is 1.17. The fraction of sp³-hybridized carbons (Fsp3) is 0.111. The molecule has 0 saturated carbocycles. The van der Waals surface area contributed by atoms with E-state index in [1.807, 2.05) is 0 Å². The smallest absolute Gasteiger partial charge is 0.326 e. The van der Waals surface area contributed by atoms with Gasteiger partial charge in [-0.05, 0) is 24.3 Å². The average molecular weight is 372 g/mol. The SMILES string of the molecule is O=C(O)CC(Nc1nc(-c2ccccc2Cl)nc2ccccc12)C(=O)O. The van der Waals surface area contributed by atoms with Crippen molar-refractivity contribution in [2.24, 2.45) is 0 Å². The molecule has 3 N–H and O–H groups in total. The summed E-state index contributed by atoms with van der Waals surface area (Å²) in [6.45, 7) is 0. The number of carboxylic acids is 2. The highest BCUT2D eigenvalue weighted by Gasteiger charge is 2.23. The number of anilines is 1. The van der Waals surface area contributed by atoms with Crippen molar-refractivity contribution in [2.75, 3.05) is 5.32 Å². The van der Waals surface area contributed by atoms with Gasteiger partial charge >= 0.3 is 11.9 Å². The molecule has 7 nitrogen and oxygen atoms in total. The van der Waals surface area contributed by atoms with Gasteiger partial charge in [-0.25, -0.2) is 14.8 Å². The number of hydrogen-bond donors (Lipinski definition) is 3. The van der Waals surface area contributed by atoms with Crippen molar-refractivity contribution in [3.8, 4) is 11.4 Å². The van der Waals surface area contributed by atoms with E-state index < -0.39 is 24.4 Å². The van der Waals surface area contributed by atoms with Crippen molar-refractivity contribution < 1.29 is 19.8 Å². The van der Waals surface area contributed by atoms with Crippen LogP contribution < -0.4 is 5.32 Å². The summed E-state index contributed by atoms with van der Waals surface area (Å²) in [5.74, 6) is -1.96. The van der Waals surface area contributed by atoms with Crippen molar-refractivity contribution in [3.63, 3.8) is 0 Å². The van der Waals surface area contributed by atoms with E-state index in [2.05, 4.69) is 15.3 Å². The number of fused-ring (bicyclic) bond motifs is 1. The second kappa shape index (κ2) is 7.37. The number of benzene rings is 2. The molecule has 3 rings (SSSR count). The topological polar surface area (TPSA) is 112 Å². The van der Waals surface area contributed by atoms with E-state index in [0.717, 1.165) is 0 Å². The molecule has 0 radical (unpaired) electrons. The van der Waals surface area contributed by atoms with Gasteiger partial charge < -0.3 is 15.5 Å². The Balaban J connectivity index is 2.13. The summed E-state index contributed by atoms with van der Waals surface area (Å²) in [7, 11) is 0. The Morgan fingerprint density at radius 2 is 1.73 bits per heavy atom. The van der Waals surface area contributed by atoms with Crippen LogP contribution in [0.3, 0.4) is 0 Å². The van der Waals surface area contributed by atoms with E-state index in [-0.39, 0.29) is 5.82 Å². The zero-order valence-electron chi connectivity index (χ0n) is 13.4. The van der Waals surface area contributed by atoms with E-state index in [4.69, 9.17) is 16.7 Å². The highest BCUT2D eigenvalue weighted by atomic mass is 35.5. The van der Waals surface area contributed by atoms with Gasteiger partial charge in [0.15, 0.2) is 5.82 Å². The van der Waals surface area contributed by atoms with Crippen LogP contribution in [-0.4, -0.2) is 38.2 Å². The summed E-state index contributed by atoms with van der Waals surface area (Å²) in [6.07, 6.45) is -0.588. The fourth-order valence-corrected chi connectivity index (χ4v) is 2.71. The number of carbonyl (C=O) groups is 2. The minimum atomic E-state index is -1.33. The van der Waals surface area contributed by atoms with E-state index in [0.29, 0.717) is 27.3 Å². The van der Waals surface area contributed by atoms with E-state index in [1.54, 1.807) is 48.5 Å². The van der Waals surface area contributed by atoms with Crippen molar-refractivity contribution in [3.05, 3.63) is 53.6 Å². The Kier molecular flexibility index (Phi) is 4.99. The Morgan fingerprint density at radius 3 is 2.42 bits per heavy atom. The first-order valence-corrected chi connectivity index (χ1v) is 8.06. The largest absolute Gasteiger partial charge is 0.481 e. The van der Waals surface area contributed by atoms with Crippen molar-refractivity contribution in [2.45, 2.75) is 12.5 Å². The lowest BCUT2D eigenvalue weighted by Gasteiger charge is -2.16. The molecule has 1 atom stereocenters. The van der Waals surface area contributed by atoms with Gasteiger partial charge in [0.05, 0.1) is 17.0 Å². The summed E-state index contributed by atoms with van der Waals surface area (Å²) in [4.78, 5) is 31.2. The molecule has 132 valence electrons. The quantitative estimate of drug-likeness (QED) is 0.609. The third kappa shape index (κ3) is 3.73. The second-order valence-electron chi connectivity index (χ2n) is 5.53. The van der Waals surface area contributed by atoms with Gasteiger partial charge in [0.1, 0.15) is 11.9 Å². The molecule has 1 aromatic heterocycles. The zero-order valence-corrected chi connectivity index (χ0v) is 14.1. The van der Waals surface area contributed by atoms with Gasteiger partial charge in [0, 0.05) is 10.9 Å². The van der Waals surface area contributed by atoms with Crippen LogP contribution in [0.1, 0.15) is 6.42 Å². The molecule has 0 aliphatic heterocycles. The highest BCUT2D eigenvalue weighted by molar-refractivity contribution is 6.33. The Hall–Kier alpha value is -3.19. The van der Waals surface area contributed by atoms with Crippen LogP contribution in [0.4, 0.5) is 5.82 Å². The first-order chi connectivity index (χ1) is 12.5. The molecule has 1 heterocycles. The van der Waals surface area contributed by atoms with Crippen LogP contribution in [0.15, 0.2) is 48.5 Å². The number of nitrogens with one attached hydrogen (secondary N) is 1. The lowest BCUT2D eigenvalue weighted by molar-refractivity contribution is -0.144. The molecular formula is C18H14ClN3O4. The number of para-hydroxylation sites is 1. The molecule has 0 saturated heterocycles. The van der Waals surface area contributed by atoms with Gasteiger partial charge in [-0.3, -0.25) is 4.79 Å². The predicted octanol–water partition coefficient (Wildman–Crippen LogP) is 3.29. The van der Waals surface area contributed by atoms with Crippen molar-refractivity contribution >= 4 is 40.3 Å². The Labute approximate surface area is 153 Å². The summed E-state index contributed by atoms with van der Waals surface area (Å²) >= 11 is 6.22. The molecule has 0 fully saturated rings. The lowest BCUT2D eigenvalue weighted by atomic mass is 10.1. The molecule has 0 bridgehead atoms. The molecule has 0 spiro atoms. The number of aromatic nitrogens is 2. The highest BCUT2D eigenvalue weighted by Crippen LogP contribution is 2.29. The first kappa shape index (κ1) is 17.6. The monoisotopic (exact) mass is 371 g/mol. The van der Waals surface area contributed by atoms with Crippen LogP contribution in [0.2, 0.25) is 5.02 Å². The Bertz CT molecular complexity index is 993. The number of hydrogen-bond acceptors (Lipinski definition) is 5. The van der Waals surface area contributed by atoms with Gasteiger partial charge in [0.2, 0.25) is 0 Å². The molecule has 3 aromatic rings. The summed E-state index contributed by atoms with van der Waals surface area (Å²) in [5, 5.41) is 22.0. The van der Waals surface area contributed by atoms with Gasteiger partial charge in [-0.1, -0.05) is 35.9 Å². The molecule has 26 heavy (non-hydrogen) atoms. The van der Waals surface area contributed by atoms with Crippen LogP contribution >= 0.6 is 11.6 Å². The molecule has 2 aromatic carbocycles. The second-order valence-corrected chi connectivity index (χ2v) is 5.93. The molecule has 8 heteroatoms. The van der Waals surface area contributed by atoms with Crippen LogP contribution in [0, 0.1) is 0 Å². The lowest BCUT2D eigenvalue weighted by Crippen LogP contribution is -2.32. The molecule has 0 aliphatic rings. The van der Waals surface area contributed by atoms with Crippen LogP contribution in [-0.2, 0) is 9.59 Å². The Morgan fingerprint density at radius 1 is 1.04 bits per heavy atom. The number of nitrogens with zero attached hydrogens (tertiary/aromatic N) is 2.